The van der Waals surface area contributed by atoms with Crippen LogP contribution in [-0.2, 0) is 6.42 Å². The van der Waals surface area contributed by atoms with Crippen LogP contribution in [0.3, 0.4) is 0 Å². The van der Waals surface area contributed by atoms with Gasteiger partial charge in [0.2, 0.25) is 0 Å². The molecule has 0 aliphatic carbocycles. The van der Waals surface area contributed by atoms with Crippen LogP contribution in [0, 0.1) is 5.82 Å². The molecule has 0 amide bonds. The standard InChI is InChI=1S/C14H19ClFNO/c1-9(15)14(2,3)17-8-12-7-10-6-11(16)4-5-13(10)18-12/h4-6,9,12,17H,7-8H2,1-3H3. The van der Waals surface area contributed by atoms with Crippen LogP contribution in [0.4, 0.5) is 4.39 Å². The number of nitrogens with one attached hydrogen (secondary N) is 1. The van der Waals surface area contributed by atoms with E-state index in [2.05, 4.69) is 19.2 Å². The van der Waals surface area contributed by atoms with Crippen LogP contribution < -0.4 is 10.1 Å². The monoisotopic (exact) mass is 271 g/mol. The molecule has 2 atom stereocenters. The maximum Gasteiger partial charge on any atom is 0.123 e. The Morgan fingerprint density at radius 3 is 2.94 bits per heavy atom. The maximum atomic E-state index is 13.1. The van der Waals surface area contributed by atoms with Crippen LogP contribution >= 0.6 is 11.6 Å². The number of fused-ring (bicyclic) bond motifs is 1. The second kappa shape index (κ2) is 5.06. The first-order valence-electron chi connectivity index (χ1n) is 6.22. The van der Waals surface area contributed by atoms with Gasteiger partial charge in [-0.1, -0.05) is 0 Å². The molecule has 2 rings (SSSR count). The first kappa shape index (κ1) is 13.6. The van der Waals surface area contributed by atoms with Gasteiger partial charge in [0.25, 0.3) is 0 Å². The third kappa shape index (κ3) is 2.96. The van der Waals surface area contributed by atoms with E-state index in [1.165, 1.54) is 6.07 Å². The Morgan fingerprint density at radius 2 is 2.28 bits per heavy atom. The number of hydrogen-bond donors (Lipinski definition) is 1. The topological polar surface area (TPSA) is 21.3 Å². The molecule has 1 aromatic carbocycles. The molecule has 1 heterocycles. The molecule has 0 saturated carbocycles. The Bertz CT molecular complexity index is 434. The lowest BCUT2D eigenvalue weighted by molar-refractivity contribution is 0.208. The Morgan fingerprint density at radius 1 is 1.56 bits per heavy atom. The quantitative estimate of drug-likeness (QED) is 0.850. The van der Waals surface area contributed by atoms with E-state index in [0.29, 0.717) is 6.54 Å². The predicted molar refractivity (Wildman–Crippen MR) is 71.9 cm³/mol. The molecule has 0 aromatic heterocycles. The summed E-state index contributed by atoms with van der Waals surface area (Å²) in [4.78, 5) is 0. The van der Waals surface area contributed by atoms with Gasteiger partial charge < -0.3 is 10.1 Å². The number of benzene rings is 1. The van der Waals surface area contributed by atoms with Gasteiger partial charge in [0.05, 0.1) is 0 Å². The van der Waals surface area contributed by atoms with Crippen molar-refractivity contribution in [3.05, 3.63) is 29.6 Å². The van der Waals surface area contributed by atoms with Crippen molar-refractivity contribution in [1.82, 2.24) is 5.32 Å². The van der Waals surface area contributed by atoms with E-state index >= 15 is 0 Å². The van der Waals surface area contributed by atoms with Gasteiger partial charge in [-0.05, 0) is 39.0 Å². The lowest BCUT2D eigenvalue weighted by atomic mass is 10.0. The van der Waals surface area contributed by atoms with E-state index < -0.39 is 0 Å². The molecule has 100 valence electrons. The summed E-state index contributed by atoms with van der Waals surface area (Å²) in [6.45, 7) is 6.80. The Hall–Kier alpha value is -0.800. The number of alkyl halides is 1. The van der Waals surface area contributed by atoms with E-state index in [9.17, 15) is 4.39 Å². The zero-order chi connectivity index (χ0) is 13.3. The second-order valence-electron chi connectivity index (χ2n) is 5.41. The zero-order valence-corrected chi connectivity index (χ0v) is 11.7. The van der Waals surface area contributed by atoms with E-state index in [1.807, 2.05) is 6.92 Å². The largest absolute Gasteiger partial charge is 0.488 e. The minimum atomic E-state index is -0.208. The summed E-state index contributed by atoms with van der Waals surface area (Å²) >= 11 is 6.11. The normalized spacial score (nSPS) is 20.4. The fourth-order valence-corrected chi connectivity index (χ4v) is 2.00. The minimum Gasteiger partial charge on any atom is -0.488 e. The van der Waals surface area contributed by atoms with Crippen molar-refractivity contribution in [3.8, 4) is 5.75 Å². The number of ether oxygens (including phenoxy) is 1. The SMILES string of the molecule is CC(Cl)C(C)(C)NCC1Cc2cc(F)ccc2O1. The second-order valence-corrected chi connectivity index (χ2v) is 6.07. The Balaban J connectivity index is 1.92. The lowest BCUT2D eigenvalue weighted by Crippen LogP contribution is -2.49. The number of rotatable bonds is 4. The molecule has 1 aromatic rings. The van der Waals surface area contributed by atoms with E-state index in [1.54, 1.807) is 12.1 Å². The highest BCUT2D eigenvalue weighted by Crippen LogP contribution is 2.29. The Kier molecular flexibility index (Phi) is 3.83. The molecule has 1 N–H and O–H groups in total. The third-order valence-electron chi connectivity index (χ3n) is 3.54. The van der Waals surface area contributed by atoms with Gasteiger partial charge in [-0.3, -0.25) is 0 Å². The van der Waals surface area contributed by atoms with Crippen molar-refractivity contribution in [2.24, 2.45) is 0 Å². The summed E-state index contributed by atoms with van der Waals surface area (Å²) in [5.41, 5.74) is 0.795. The summed E-state index contributed by atoms with van der Waals surface area (Å²) < 4.78 is 18.8. The van der Waals surface area contributed by atoms with Crippen LogP contribution in [-0.4, -0.2) is 23.6 Å². The lowest BCUT2D eigenvalue weighted by Gasteiger charge is -2.30. The Labute approximate surface area is 112 Å². The van der Waals surface area contributed by atoms with Crippen LogP contribution in [0.1, 0.15) is 26.3 Å². The molecule has 4 heteroatoms. The van der Waals surface area contributed by atoms with Gasteiger partial charge >= 0.3 is 0 Å². The fraction of sp³-hybridized carbons (Fsp3) is 0.571. The van der Waals surface area contributed by atoms with Gasteiger partial charge in [-0.2, -0.15) is 0 Å². The molecule has 0 saturated heterocycles. The first-order valence-corrected chi connectivity index (χ1v) is 6.66. The summed E-state index contributed by atoms with van der Waals surface area (Å²) in [5, 5.41) is 3.43. The molecule has 1 aliphatic rings. The first-order chi connectivity index (χ1) is 8.38. The number of halogens is 2. The molecular formula is C14H19ClFNO. The van der Waals surface area contributed by atoms with Crippen LogP contribution in [0.15, 0.2) is 18.2 Å². The molecule has 18 heavy (non-hydrogen) atoms. The minimum absolute atomic E-state index is 0.0266. The van der Waals surface area contributed by atoms with E-state index in [4.69, 9.17) is 16.3 Å². The van der Waals surface area contributed by atoms with Gasteiger partial charge in [0.15, 0.2) is 0 Å². The van der Waals surface area contributed by atoms with Gasteiger partial charge in [-0.25, -0.2) is 4.39 Å². The van der Waals surface area contributed by atoms with Crippen LogP contribution in [0.2, 0.25) is 0 Å². The molecule has 0 radical (unpaired) electrons. The van der Waals surface area contributed by atoms with Gasteiger partial charge in [0.1, 0.15) is 17.7 Å². The van der Waals surface area contributed by atoms with Crippen LogP contribution in [0.5, 0.6) is 5.75 Å². The van der Waals surface area contributed by atoms with Crippen LogP contribution in [0.25, 0.3) is 0 Å². The van der Waals surface area contributed by atoms with Crippen molar-refractivity contribution >= 4 is 11.6 Å². The fourth-order valence-electron chi connectivity index (χ4n) is 1.92. The summed E-state index contributed by atoms with van der Waals surface area (Å²) in [5.74, 6) is 0.584. The summed E-state index contributed by atoms with van der Waals surface area (Å²) in [6, 6.07) is 4.67. The summed E-state index contributed by atoms with van der Waals surface area (Å²) in [6.07, 6.45) is 0.795. The van der Waals surface area contributed by atoms with E-state index in [-0.39, 0.29) is 22.8 Å². The average Bonchev–Trinajstić information content (AvgIpc) is 2.68. The highest BCUT2D eigenvalue weighted by Gasteiger charge is 2.28. The van der Waals surface area contributed by atoms with Gasteiger partial charge in [0, 0.05) is 29.4 Å². The van der Waals surface area contributed by atoms with E-state index in [0.717, 1.165) is 17.7 Å². The van der Waals surface area contributed by atoms with Crippen molar-refractivity contribution in [2.45, 2.75) is 44.2 Å². The number of hydrogen-bond acceptors (Lipinski definition) is 2. The highest BCUT2D eigenvalue weighted by atomic mass is 35.5. The summed E-state index contributed by atoms with van der Waals surface area (Å²) in [7, 11) is 0. The molecule has 2 unspecified atom stereocenters. The van der Waals surface area contributed by atoms with Crippen molar-refractivity contribution in [1.29, 1.82) is 0 Å². The van der Waals surface area contributed by atoms with Crippen molar-refractivity contribution < 1.29 is 9.13 Å². The zero-order valence-electron chi connectivity index (χ0n) is 11.0. The average molecular weight is 272 g/mol. The molecule has 0 spiro atoms. The maximum absolute atomic E-state index is 13.1. The molecule has 1 aliphatic heterocycles. The molecule has 0 fully saturated rings. The molecule has 2 nitrogen and oxygen atoms in total. The van der Waals surface area contributed by atoms with Gasteiger partial charge in [-0.15, -0.1) is 11.6 Å². The van der Waals surface area contributed by atoms with Crippen molar-refractivity contribution in [3.63, 3.8) is 0 Å². The predicted octanol–water partition coefficient (Wildman–Crippen LogP) is 3.12. The third-order valence-corrected chi connectivity index (χ3v) is 4.09. The smallest absolute Gasteiger partial charge is 0.123 e. The molecular weight excluding hydrogens is 253 g/mol. The molecule has 0 bridgehead atoms. The highest BCUT2D eigenvalue weighted by molar-refractivity contribution is 6.21. The van der Waals surface area contributed by atoms with Crippen molar-refractivity contribution in [2.75, 3.05) is 6.54 Å².